The van der Waals surface area contributed by atoms with E-state index >= 15 is 0 Å². The lowest BCUT2D eigenvalue weighted by atomic mass is 10.1. The number of anilines is 1. The minimum Gasteiger partial charge on any atom is -0.300 e. The van der Waals surface area contributed by atoms with E-state index in [0.29, 0.717) is 11.3 Å². The van der Waals surface area contributed by atoms with Gasteiger partial charge in [0.25, 0.3) is 5.91 Å². The minimum atomic E-state index is -3.31. The molecule has 4 nitrogen and oxygen atoms in total. The average Bonchev–Trinajstić information content (AvgIpc) is 2.89. The van der Waals surface area contributed by atoms with Crippen molar-refractivity contribution in [3.63, 3.8) is 0 Å². The van der Waals surface area contributed by atoms with Crippen molar-refractivity contribution in [2.24, 2.45) is 0 Å². The van der Waals surface area contributed by atoms with Crippen LogP contribution < -0.4 is 4.90 Å². The molecule has 1 aliphatic rings. The summed E-state index contributed by atoms with van der Waals surface area (Å²) in [5.74, 6) is -0.964. The number of carbonyl (C=O) groups is 1. The second kappa shape index (κ2) is 5.96. The van der Waals surface area contributed by atoms with Gasteiger partial charge in [0.05, 0.1) is 11.8 Å². The summed E-state index contributed by atoms with van der Waals surface area (Å²) in [6.45, 7) is 0. The molecule has 1 aliphatic heterocycles. The molecule has 0 saturated carbocycles. The van der Waals surface area contributed by atoms with Crippen molar-refractivity contribution in [1.29, 1.82) is 0 Å². The molecule has 0 spiro atoms. The fourth-order valence-corrected chi connectivity index (χ4v) is 3.77. The molecule has 2 aromatic rings. The second-order valence-electron chi connectivity index (χ2n) is 5.24. The molecule has 1 amide bonds. The molecule has 118 valence electrons. The third-order valence-electron chi connectivity index (χ3n) is 3.59. The Morgan fingerprint density at radius 1 is 1.04 bits per heavy atom. The molecule has 1 unspecified atom stereocenters. The van der Waals surface area contributed by atoms with Crippen molar-refractivity contribution in [2.75, 3.05) is 10.7 Å². The highest BCUT2D eigenvalue weighted by Crippen LogP contribution is 2.24. The Balaban J connectivity index is 2.00. The van der Waals surface area contributed by atoms with Gasteiger partial charge >= 0.3 is 0 Å². The summed E-state index contributed by atoms with van der Waals surface area (Å²) in [7, 11) is -3.31. The van der Waals surface area contributed by atoms with Gasteiger partial charge in [0.2, 0.25) is 0 Å². The van der Waals surface area contributed by atoms with Gasteiger partial charge in [0, 0.05) is 16.7 Å². The molecular formula is C17H14FNO3S. The Morgan fingerprint density at radius 3 is 2.26 bits per heavy atom. The van der Waals surface area contributed by atoms with Crippen LogP contribution in [0.15, 0.2) is 66.1 Å². The first-order chi connectivity index (χ1) is 11.0. The van der Waals surface area contributed by atoms with Gasteiger partial charge in [0.1, 0.15) is 5.82 Å². The molecule has 1 atom stereocenters. The zero-order chi connectivity index (χ0) is 16.4. The van der Waals surface area contributed by atoms with Crippen LogP contribution in [0.2, 0.25) is 0 Å². The first-order valence-corrected chi connectivity index (χ1v) is 8.73. The van der Waals surface area contributed by atoms with Gasteiger partial charge in [-0.3, -0.25) is 4.79 Å². The maximum Gasteiger partial charge on any atom is 0.258 e. The summed E-state index contributed by atoms with van der Waals surface area (Å²) in [6, 6.07) is 13.4. The number of para-hydroxylation sites is 1. The topological polar surface area (TPSA) is 54.5 Å². The number of amides is 1. The highest BCUT2D eigenvalue weighted by atomic mass is 32.2. The van der Waals surface area contributed by atoms with Crippen molar-refractivity contribution in [2.45, 2.75) is 6.04 Å². The molecule has 6 heteroatoms. The molecular weight excluding hydrogens is 317 g/mol. The van der Waals surface area contributed by atoms with Crippen LogP contribution in [-0.2, 0) is 9.84 Å². The van der Waals surface area contributed by atoms with Gasteiger partial charge in [-0.25, -0.2) is 12.8 Å². The predicted octanol–water partition coefficient (Wildman–Crippen LogP) is 2.78. The summed E-state index contributed by atoms with van der Waals surface area (Å²) < 4.78 is 36.5. The first kappa shape index (κ1) is 15.4. The summed E-state index contributed by atoms with van der Waals surface area (Å²) in [4.78, 5) is 14.3. The maximum absolute atomic E-state index is 13.1. The van der Waals surface area contributed by atoms with Crippen LogP contribution in [0, 0.1) is 5.82 Å². The van der Waals surface area contributed by atoms with Crippen molar-refractivity contribution in [3.05, 3.63) is 77.5 Å². The van der Waals surface area contributed by atoms with Gasteiger partial charge < -0.3 is 4.90 Å². The van der Waals surface area contributed by atoms with Crippen LogP contribution in [0.4, 0.5) is 10.1 Å². The fourth-order valence-electron chi connectivity index (χ4n) is 2.50. The molecule has 0 saturated heterocycles. The Hall–Kier alpha value is -2.47. The number of hydrogen-bond acceptors (Lipinski definition) is 3. The molecule has 23 heavy (non-hydrogen) atoms. The lowest BCUT2D eigenvalue weighted by Crippen LogP contribution is -2.41. The molecule has 0 fully saturated rings. The van der Waals surface area contributed by atoms with E-state index in [-0.39, 0.29) is 11.7 Å². The number of nitrogens with zero attached hydrogens (tertiary/aromatic N) is 1. The van der Waals surface area contributed by atoms with Crippen molar-refractivity contribution in [3.8, 4) is 0 Å². The summed E-state index contributed by atoms with van der Waals surface area (Å²) in [5.41, 5.74) is 0.890. The van der Waals surface area contributed by atoms with Crippen LogP contribution in [0.3, 0.4) is 0 Å². The summed E-state index contributed by atoms with van der Waals surface area (Å²) in [6.07, 6.45) is 1.50. The number of sulfone groups is 1. The van der Waals surface area contributed by atoms with Crippen LogP contribution in [0.5, 0.6) is 0 Å². The van der Waals surface area contributed by atoms with Crippen molar-refractivity contribution >= 4 is 21.4 Å². The van der Waals surface area contributed by atoms with Gasteiger partial charge in [-0.05, 0) is 42.5 Å². The van der Waals surface area contributed by atoms with Crippen LogP contribution in [0.1, 0.15) is 10.4 Å². The minimum absolute atomic E-state index is 0.158. The highest BCUT2D eigenvalue weighted by Gasteiger charge is 2.31. The number of benzene rings is 2. The first-order valence-electron chi connectivity index (χ1n) is 7.01. The Kier molecular flexibility index (Phi) is 4.00. The molecule has 0 radical (unpaired) electrons. The van der Waals surface area contributed by atoms with E-state index in [9.17, 15) is 17.6 Å². The van der Waals surface area contributed by atoms with Crippen LogP contribution in [0.25, 0.3) is 0 Å². The number of halogens is 1. The third-order valence-corrected chi connectivity index (χ3v) is 4.97. The Labute approximate surface area is 133 Å². The third kappa shape index (κ3) is 3.32. The average molecular weight is 331 g/mol. The molecule has 1 heterocycles. The molecule has 0 bridgehead atoms. The number of rotatable bonds is 3. The molecule has 3 rings (SSSR count). The highest BCUT2D eigenvalue weighted by molar-refractivity contribution is 7.94. The largest absolute Gasteiger partial charge is 0.300 e. The van der Waals surface area contributed by atoms with Gasteiger partial charge in [-0.15, -0.1) is 0 Å². The van der Waals surface area contributed by atoms with E-state index < -0.39 is 21.7 Å². The van der Waals surface area contributed by atoms with Crippen molar-refractivity contribution < 1.29 is 17.6 Å². The molecule has 0 aromatic heterocycles. The van der Waals surface area contributed by atoms with E-state index in [1.54, 1.807) is 24.3 Å². The molecule has 0 N–H and O–H groups in total. The summed E-state index contributed by atoms with van der Waals surface area (Å²) >= 11 is 0. The maximum atomic E-state index is 13.1. The normalized spacial score (nSPS) is 18.7. The summed E-state index contributed by atoms with van der Waals surface area (Å²) in [5, 5.41) is 1.13. The molecule has 2 aromatic carbocycles. The van der Waals surface area contributed by atoms with E-state index in [2.05, 4.69) is 0 Å². The zero-order valence-corrected chi connectivity index (χ0v) is 12.9. The van der Waals surface area contributed by atoms with E-state index in [1.807, 2.05) is 6.07 Å². The quantitative estimate of drug-likeness (QED) is 0.869. The van der Waals surface area contributed by atoms with Gasteiger partial charge in [-0.1, -0.05) is 18.2 Å². The predicted molar refractivity (Wildman–Crippen MR) is 86.4 cm³/mol. The monoisotopic (exact) mass is 331 g/mol. The lowest BCUT2D eigenvalue weighted by Gasteiger charge is -2.27. The smallest absolute Gasteiger partial charge is 0.258 e. The number of carbonyl (C=O) groups excluding carboxylic acids is 1. The van der Waals surface area contributed by atoms with Gasteiger partial charge in [-0.2, -0.15) is 0 Å². The Bertz CT molecular complexity index is 845. The SMILES string of the molecule is O=C(c1ccc(F)cc1)N(c1ccccc1)C1C=CS(=O)(=O)C1. The van der Waals surface area contributed by atoms with Gasteiger partial charge in [0.15, 0.2) is 9.84 Å². The van der Waals surface area contributed by atoms with Crippen molar-refractivity contribution in [1.82, 2.24) is 0 Å². The number of hydrogen-bond donors (Lipinski definition) is 0. The van der Waals surface area contributed by atoms with E-state index in [0.717, 1.165) is 5.41 Å². The lowest BCUT2D eigenvalue weighted by molar-refractivity contribution is 0.0983. The van der Waals surface area contributed by atoms with E-state index in [4.69, 9.17) is 0 Å². The molecule has 0 aliphatic carbocycles. The van der Waals surface area contributed by atoms with Crippen LogP contribution >= 0.6 is 0 Å². The standard InChI is InChI=1S/C17H14FNO3S/c18-14-8-6-13(7-9-14)17(20)19(15-4-2-1-3-5-15)16-10-11-23(21,22)12-16/h1-11,16H,12H2. The second-order valence-corrected chi connectivity index (χ2v) is 7.17. The fraction of sp³-hybridized carbons (Fsp3) is 0.118. The zero-order valence-electron chi connectivity index (χ0n) is 12.1. The van der Waals surface area contributed by atoms with E-state index in [1.165, 1.54) is 35.2 Å². The Morgan fingerprint density at radius 2 is 1.70 bits per heavy atom. The van der Waals surface area contributed by atoms with Crippen LogP contribution in [-0.4, -0.2) is 26.1 Å².